The van der Waals surface area contributed by atoms with Crippen LogP contribution in [-0.4, -0.2) is 23.4 Å². The maximum Gasteiger partial charge on any atom is 0.264 e. The van der Waals surface area contributed by atoms with Gasteiger partial charge in [-0.25, -0.2) is 0 Å². The van der Waals surface area contributed by atoms with E-state index in [1.807, 2.05) is 0 Å². The molecule has 2 nitrogen and oxygen atoms in total. The second-order valence-corrected chi connectivity index (χ2v) is 6.75. The number of thiophene rings is 1. The van der Waals surface area contributed by atoms with Gasteiger partial charge in [0.15, 0.2) is 0 Å². The van der Waals surface area contributed by atoms with Gasteiger partial charge in [0, 0.05) is 17.5 Å². The molecule has 98 valence electrons. The van der Waals surface area contributed by atoms with E-state index >= 15 is 0 Å². The summed E-state index contributed by atoms with van der Waals surface area (Å²) in [6, 6.07) is 2.59. The molecule has 1 aromatic rings. The highest BCUT2D eigenvalue weighted by molar-refractivity contribution is 7.14. The number of nitrogens with zero attached hydrogens (tertiary/aromatic N) is 1. The van der Waals surface area contributed by atoms with Crippen molar-refractivity contribution in [2.24, 2.45) is 0 Å². The van der Waals surface area contributed by atoms with E-state index < -0.39 is 0 Å². The van der Waals surface area contributed by atoms with Gasteiger partial charge in [-0.15, -0.1) is 11.3 Å². The van der Waals surface area contributed by atoms with E-state index in [2.05, 4.69) is 17.9 Å². The molecule has 1 unspecified atom stereocenters. The van der Waals surface area contributed by atoms with Crippen molar-refractivity contribution < 1.29 is 4.79 Å². The third-order valence-electron chi connectivity index (χ3n) is 4.27. The molecule has 1 atom stereocenters. The van der Waals surface area contributed by atoms with Crippen LogP contribution in [0.2, 0.25) is 0 Å². The highest BCUT2D eigenvalue weighted by atomic mass is 32.1. The van der Waals surface area contributed by atoms with Crippen LogP contribution in [0, 0.1) is 0 Å². The first kappa shape index (κ1) is 12.2. The summed E-state index contributed by atoms with van der Waals surface area (Å²) in [5.41, 5.74) is 1.44. The predicted molar refractivity (Wildman–Crippen MR) is 75.3 cm³/mol. The molecule has 3 rings (SSSR count). The summed E-state index contributed by atoms with van der Waals surface area (Å²) in [6.45, 7) is 3.13. The Hall–Kier alpha value is -0.830. The minimum absolute atomic E-state index is 0.279. The van der Waals surface area contributed by atoms with Crippen LogP contribution in [0.1, 0.15) is 59.1 Å². The lowest BCUT2D eigenvalue weighted by Crippen LogP contribution is -2.41. The average Bonchev–Trinajstić information content (AvgIpc) is 2.82. The van der Waals surface area contributed by atoms with Crippen molar-refractivity contribution >= 4 is 17.2 Å². The van der Waals surface area contributed by atoms with E-state index in [9.17, 15) is 4.79 Å². The fourth-order valence-electron chi connectivity index (χ4n) is 3.14. The van der Waals surface area contributed by atoms with Gasteiger partial charge in [0.05, 0.1) is 4.88 Å². The minimum Gasteiger partial charge on any atom is -0.335 e. The molecule has 1 aliphatic carbocycles. The van der Waals surface area contributed by atoms with Gasteiger partial charge in [-0.3, -0.25) is 4.79 Å². The molecule has 1 aromatic heterocycles. The largest absolute Gasteiger partial charge is 0.335 e. The molecular formula is C15H21NOS. The standard InChI is InChI=1S/C15H21NOS/c1-11-6-4-5-9-16(11)15(17)14-10-12-7-2-3-8-13(12)18-14/h10-11H,2-9H2,1H3. The van der Waals surface area contributed by atoms with Crippen LogP contribution in [0.4, 0.5) is 0 Å². The maximum atomic E-state index is 12.6. The number of amides is 1. The first-order valence-corrected chi connectivity index (χ1v) is 8.00. The summed E-state index contributed by atoms with van der Waals surface area (Å²) in [5.74, 6) is 0.279. The van der Waals surface area contributed by atoms with Crippen LogP contribution < -0.4 is 0 Å². The molecule has 18 heavy (non-hydrogen) atoms. The van der Waals surface area contributed by atoms with E-state index in [1.54, 1.807) is 11.3 Å². The molecule has 0 spiro atoms. The molecule has 2 heterocycles. The van der Waals surface area contributed by atoms with Crippen LogP contribution in [-0.2, 0) is 12.8 Å². The first-order chi connectivity index (χ1) is 8.75. The summed E-state index contributed by atoms with van der Waals surface area (Å²) < 4.78 is 0. The number of hydrogen-bond acceptors (Lipinski definition) is 2. The van der Waals surface area contributed by atoms with Gasteiger partial charge in [0.1, 0.15) is 0 Å². The zero-order valence-electron chi connectivity index (χ0n) is 11.1. The molecule has 1 fully saturated rings. The third kappa shape index (κ3) is 2.20. The smallest absolute Gasteiger partial charge is 0.264 e. The Morgan fingerprint density at radius 2 is 2.11 bits per heavy atom. The van der Waals surface area contributed by atoms with E-state index in [1.165, 1.54) is 49.0 Å². The van der Waals surface area contributed by atoms with E-state index in [4.69, 9.17) is 0 Å². The SMILES string of the molecule is CC1CCCCN1C(=O)c1cc2c(s1)CCCC2. The zero-order chi connectivity index (χ0) is 12.5. The molecule has 0 aromatic carbocycles. The lowest BCUT2D eigenvalue weighted by atomic mass is 9.99. The van der Waals surface area contributed by atoms with Crippen LogP contribution >= 0.6 is 11.3 Å². The van der Waals surface area contributed by atoms with Gasteiger partial charge < -0.3 is 4.90 Å². The number of hydrogen-bond donors (Lipinski definition) is 0. The van der Waals surface area contributed by atoms with Crippen molar-refractivity contribution in [1.82, 2.24) is 4.90 Å². The molecule has 1 amide bonds. The van der Waals surface area contributed by atoms with Crippen molar-refractivity contribution in [2.45, 2.75) is 57.9 Å². The van der Waals surface area contributed by atoms with Gasteiger partial charge in [0.2, 0.25) is 0 Å². The second kappa shape index (κ2) is 5.04. The van der Waals surface area contributed by atoms with Crippen molar-refractivity contribution in [3.05, 3.63) is 21.4 Å². The molecule has 0 saturated carbocycles. The summed E-state index contributed by atoms with van der Waals surface area (Å²) in [5, 5.41) is 0. The summed E-state index contributed by atoms with van der Waals surface area (Å²) in [6.07, 6.45) is 8.54. The fourth-order valence-corrected chi connectivity index (χ4v) is 4.35. The van der Waals surface area contributed by atoms with Crippen molar-refractivity contribution in [2.75, 3.05) is 6.54 Å². The van der Waals surface area contributed by atoms with Gasteiger partial charge in [-0.1, -0.05) is 0 Å². The lowest BCUT2D eigenvalue weighted by molar-refractivity contribution is 0.0640. The Morgan fingerprint density at radius 1 is 1.28 bits per heavy atom. The molecule has 0 radical (unpaired) electrons. The Labute approximate surface area is 113 Å². The number of aryl methyl sites for hydroxylation is 2. The number of carbonyl (C=O) groups is 1. The second-order valence-electron chi connectivity index (χ2n) is 5.61. The van der Waals surface area contributed by atoms with Gasteiger partial charge in [0.25, 0.3) is 5.91 Å². The summed E-state index contributed by atoms with van der Waals surface area (Å²) >= 11 is 1.75. The quantitative estimate of drug-likeness (QED) is 0.757. The number of carbonyl (C=O) groups excluding carboxylic acids is 1. The Kier molecular flexibility index (Phi) is 3.42. The van der Waals surface area contributed by atoms with E-state index in [0.717, 1.165) is 17.8 Å². The van der Waals surface area contributed by atoms with Gasteiger partial charge in [-0.2, -0.15) is 0 Å². The zero-order valence-corrected chi connectivity index (χ0v) is 11.9. The molecule has 0 bridgehead atoms. The van der Waals surface area contributed by atoms with Gasteiger partial charge >= 0.3 is 0 Å². The van der Waals surface area contributed by atoms with Gasteiger partial charge in [-0.05, 0) is 63.5 Å². The normalized spacial score (nSPS) is 23.8. The van der Waals surface area contributed by atoms with E-state index in [-0.39, 0.29) is 5.91 Å². The highest BCUT2D eigenvalue weighted by Gasteiger charge is 2.26. The van der Waals surface area contributed by atoms with Crippen LogP contribution in [0.3, 0.4) is 0 Å². The Balaban J connectivity index is 1.81. The van der Waals surface area contributed by atoms with Crippen LogP contribution in [0.5, 0.6) is 0 Å². The van der Waals surface area contributed by atoms with Crippen molar-refractivity contribution in [3.63, 3.8) is 0 Å². The number of fused-ring (bicyclic) bond motifs is 1. The molecular weight excluding hydrogens is 242 g/mol. The van der Waals surface area contributed by atoms with E-state index in [0.29, 0.717) is 6.04 Å². The molecule has 1 aliphatic heterocycles. The van der Waals surface area contributed by atoms with Crippen molar-refractivity contribution in [3.8, 4) is 0 Å². The summed E-state index contributed by atoms with van der Waals surface area (Å²) in [4.78, 5) is 17.1. The first-order valence-electron chi connectivity index (χ1n) is 7.18. The van der Waals surface area contributed by atoms with Crippen LogP contribution in [0.25, 0.3) is 0 Å². The summed E-state index contributed by atoms with van der Waals surface area (Å²) in [7, 11) is 0. The number of likely N-dealkylation sites (tertiary alicyclic amines) is 1. The third-order valence-corrected chi connectivity index (χ3v) is 5.50. The molecule has 3 heteroatoms. The number of rotatable bonds is 1. The van der Waals surface area contributed by atoms with Crippen LogP contribution in [0.15, 0.2) is 6.07 Å². The average molecular weight is 263 g/mol. The Morgan fingerprint density at radius 3 is 2.89 bits per heavy atom. The maximum absolute atomic E-state index is 12.6. The fraction of sp³-hybridized carbons (Fsp3) is 0.667. The molecule has 2 aliphatic rings. The Bertz CT molecular complexity index is 428. The topological polar surface area (TPSA) is 20.3 Å². The minimum atomic E-state index is 0.279. The van der Waals surface area contributed by atoms with Crippen molar-refractivity contribution in [1.29, 1.82) is 0 Å². The lowest BCUT2D eigenvalue weighted by Gasteiger charge is -2.33. The highest BCUT2D eigenvalue weighted by Crippen LogP contribution is 2.31. The predicted octanol–water partition coefficient (Wildman–Crippen LogP) is 3.64. The monoisotopic (exact) mass is 263 g/mol. The molecule has 0 N–H and O–H groups in total. The number of piperidine rings is 1. The molecule has 1 saturated heterocycles.